The molecule has 1 spiro atoms. The predicted octanol–water partition coefficient (Wildman–Crippen LogP) is 4.28. The number of allylic oxidation sites excluding steroid dienone is 7. The van der Waals surface area contributed by atoms with E-state index in [-0.39, 0.29) is 5.41 Å². The smallest absolute Gasteiger partial charge is 0.0869 e. The van der Waals surface area contributed by atoms with Crippen LogP contribution in [0.2, 0.25) is 0 Å². The van der Waals surface area contributed by atoms with Crippen LogP contribution < -0.4 is 5.32 Å². The van der Waals surface area contributed by atoms with Gasteiger partial charge >= 0.3 is 0 Å². The molecule has 2 aliphatic carbocycles. The number of nitrogens with zero attached hydrogens (tertiary/aromatic N) is 3. The molecule has 1 aromatic carbocycles. The van der Waals surface area contributed by atoms with Crippen molar-refractivity contribution in [2.45, 2.75) is 6.42 Å². The molecule has 5 heteroatoms. The highest BCUT2D eigenvalue weighted by Crippen LogP contribution is 2.49. The van der Waals surface area contributed by atoms with E-state index in [1.807, 2.05) is 18.2 Å². The summed E-state index contributed by atoms with van der Waals surface area (Å²) in [6.45, 7) is 4.17. The van der Waals surface area contributed by atoms with Crippen molar-refractivity contribution in [1.29, 1.82) is 0 Å². The maximum absolute atomic E-state index is 6.70. The molecule has 1 saturated heterocycles. The molecule has 1 N–H and O–H groups in total. The van der Waals surface area contributed by atoms with Crippen LogP contribution in [0.15, 0.2) is 76.1 Å². The highest BCUT2D eigenvalue weighted by molar-refractivity contribution is 6.32. The number of benzene rings is 1. The lowest BCUT2D eigenvalue weighted by Gasteiger charge is -2.43. The summed E-state index contributed by atoms with van der Waals surface area (Å²) >= 11 is 6.70. The van der Waals surface area contributed by atoms with Crippen LogP contribution in [-0.2, 0) is 0 Å². The Morgan fingerprint density at radius 2 is 1.96 bits per heavy atom. The van der Waals surface area contributed by atoms with Crippen molar-refractivity contribution in [2.75, 3.05) is 38.5 Å². The molecule has 5 rings (SSSR count). The number of anilines is 1. The predicted molar refractivity (Wildman–Crippen MR) is 113 cm³/mol. The normalized spacial score (nSPS) is 27.1. The summed E-state index contributed by atoms with van der Waals surface area (Å²) in [5.41, 5.74) is 5.00. The van der Waals surface area contributed by atoms with Crippen molar-refractivity contribution >= 4 is 28.7 Å². The lowest BCUT2D eigenvalue weighted by atomic mass is 9.70. The minimum atomic E-state index is -0.335. The second-order valence-corrected chi connectivity index (χ2v) is 8.01. The van der Waals surface area contributed by atoms with Crippen LogP contribution in [0.3, 0.4) is 0 Å². The molecule has 0 bridgehead atoms. The van der Waals surface area contributed by atoms with Crippen molar-refractivity contribution in [3.8, 4) is 0 Å². The molecule has 0 amide bonds. The summed E-state index contributed by atoms with van der Waals surface area (Å²) in [6, 6.07) is 8.22. The van der Waals surface area contributed by atoms with Gasteiger partial charge in [-0.2, -0.15) is 0 Å². The molecule has 1 unspecified atom stereocenters. The second kappa shape index (κ2) is 6.39. The Bertz CT molecular complexity index is 931. The van der Waals surface area contributed by atoms with Gasteiger partial charge in [-0.3, -0.25) is 0 Å². The van der Waals surface area contributed by atoms with Crippen LogP contribution in [0, 0.1) is 5.41 Å². The topological polar surface area (TPSA) is 30.9 Å². The van der Waals surface area contributed by atoms with Gasteiger partial charge in [-0.05, 0) is 37.8 Å². The monoisotopic (exact) mass is 378 g/mol. The summed E-state index contributed by atoms with van der Waals surface area (Å²) < 4.78 is 0. The average molecular weight is 379 g/mol. The quantitative estimate of drug-likeness (QED) is 0.791. The zero-order valence-electron chi connectivity index (χ0n) is 15.5. The first-order valence-corrected chi connectivity index (χ1v) is 9.91. The van der Waals surface area contributed by atoms with Crippen molar-refractivity contribution in [2.24, 2.45) is 10.4 Å². The number of piperazine rings is 1. The van der Waals surface area contributed by atoms with Crippen LogP contribution >= 0.6 is 11.6 Å². The minimum Gasteiger partial charge on any atom is -0.367 e. The van der Waals surface area contributed by atoms with Gasteiger partial charge in [0.15, 0.2) is 0 Å². The van der Waals surface area contributed by atoms with Gasteiger partial charge in [-0.25, -0.2) is 4.99 Å². The molecule has 0 radical (unpaired) electrons. The first kappa shape index (κ1) is 16.8. The number of halogens is 1. The van der Waals surface area contributed by atoms with Crippen LogP contribution in [0.4, 0.5) is 11.4 Å². The van der Waals surface area contributed by atoms with E-state index in [0.29, 0.717) is 0 Å². The molecule has 4 aliphatic rings. The fourth-order valence-electron chi connectivity index (χ4n) is 4.37. The Balaban J connectivity index is 1.68. The summed E-state index contributed by atoms with van der Waals surface area (Å²) in [5, 5.41) is 4.37. The SMILES string of the molecule is CN1CCN(C2=CC=CC34CC=CC(Cl)=C3Nc3ccccc3N=C24)CC1. The highest BCUT2D eigenvalue weighted by atomic mass is 35.5. The fraction of sp³-hybridized carbons (Fsp3) is 0.318. The Morgan fingerprint density at radius 1 is 1.15 bits per heavy atom. The number of likely N-dealkylation sites (N-methyl/N-ethyl adjacent to an activating group) is 1. The summed E-state index contributed by atoms with van der Waals surface area (Å²) in [7, 11) is 2.18. The molecule has 1 aromatic rings. The van der Waals surface area contributed by atoms with Gasteiger partial charge in [-0.1, -0.05) is 42.0 Å². The van der Waals surface area contributed by atoms with Crippen LogP contribution in [0.5, 0.6) is 0 Å². The number of rotatable bonds is 1. The molecule has 1 fully saturated rings. The second-order valence-electron chi connectivity index (χ2n) is 7.60. The average Bonchev–Trinajstić information content (AvgIpc) is 2.84. The molecular formula is C22H23ClN4. The summed E-state index contributed by atoms with van der Waals surface area (Å²) in [6.07, 6.45) is 11.7. The van der Waals surface area contributed by atoms with Gasteiger partial charge < -0.3 is 15.1 Å². The van der Waals surface area contributed by atoms with Gasteiger partial charge in [0.1, 0.15) is 0 Å². The van der Waals surface area contributed by atoms with Crippen molar-refractivity contribution in [3.63, 3.8) is 0 Å². The van der Waals surface area contributed by atoms with Gasteiger partial charge in [0.05, 0.1) is 38.9 Å². The molecule has 138 valence electrons. The van der Waals surface area contributed by atoms with E-state index in [1.165, 1.54) is 5.70 Å². The maximum atomic E-state index is 6.70. The molecule has 1 atom stereocenters. The van der Waals surface area contributed by atoms with E-state index in [9.17, 15) is 0 Å². The van der Waals surface area contributed by atoms with E-state index < -0.39 is 0 Å². The highest BCUT2D eigenvalue weighted by Gasteiger charge is 2.45. The Morgan fingerprint density at radius 3 is 2.81 bits per heavy atom. The van der Waals surface area contributed by atoms with Gasteiger partial charge in [0, 0.05) is 26.2 Å². The van der Waals surface area contributed by atoms with Crippen molar-refractivity contribution in [3.05, 3.63) is 71.1 Å². The number of nitrogens with one attached hydrogen (secondary N) is 1. The largest absolute Gasteiger partial charge is 0.367 e. The first-order chi connectivity index (χ1) is 13.2. The number of para-hydroxylation sites is 2. The van der Waals surface area contributed by atoms with E-state index in [2.05, 4.69) is 58.6 Å². The molecule has 0 saturated carbocycles. The Labute approximate surface area is 165 Å². The van der Waals surface area contributed by atoms with Crippen molar-refractivity contribution < 1.29 is 0 Å². The van der Waals surface area contributed by atoms with Gasteiger partial charge in [0.2, 0.25) is 0 Å². The van der Waals surface area contributed by atoms with Crippen LogP contribution in [0.25, 0.3) is 0 Å². The summed E-state index contributed by atoms with van der Waals surface area (Å²) in [4.78, 5) is 10.1. The first-order valence-electron chi connectivity index (χ1n) is 9.53. The number of hydrogen-bond acceptors (Lipinski definition) is 4. The zero-order valence-corrected chi connectivity index (χ0v) is 16.2. The van der Waals surface area contributed by atoms with E-state index in [4.69, 9.17) is 16.6 Å². The molecule has 0 aromatic heterocycles. The fourth-order valence-corrected chi connectivity index (χ4v) is 4.67. The number of hydrogen-bond donors (Lipinski definition) is 1. The molecule has 2 aliphatic heterocycles. The van der Waals surface area contributed by atoms with Crippen LogP contribution in [0.1, 0.15) is 6.42 Å². The molecule has 27 heavy (non-hydrogen) atoms. The zero-order chi connectivity index (χ0) is 18.4. The number of aliphatic imine (C=N–C) groups is 1. The molecule has 2 heterocycles. The molecular weight excluding hydrogens is 356 g/mol. The van der Waals surface area contributed by atoms with Gasteiger partial charge in [-0.15, -0.1) is 0 Å². The van der Waals surface area contributed by atoms with E-state index in [0.717, 1.165) is 60.4 Å². The Kier molecular flexibility index (Phi) is 3.99. The minimum absolute atomic E-state index is 0.335. The third-order valence-corrected chi connectivity index (χ3v) is 6.24. The third kappa shape index (κ3) is 2.67. The van der Waals surface area contributed by atoms with Crippen molar-refractivity contribution in [1.82, 2.24) is 9.80 Å². The third-order valence-electron chi connectivity index (χ3n) is 5.93. The van der Waals surface area contributed by atoms with E-state index >= 15 is 0 Å². The van der Waals surface area contributed by atoms with Crippen LogP contribution in [-0.4, -0.2) is 48.7 Å². The maximum Gasteiger partial charge on any atom is 0.0869 e. The summed E-state index contributed by atoms with van der Waals surface area (Å²) in [5.74, 6) is 0. The number of fused-ring (bicyclic) bond motifs is 1. The lowest BCUT2D eigenvalue weighted by molar-refractivity contribution is 0.191. The standard InChI is InChI=1S/C22H23ClN4/c1-26-12-14-27(15-13-26)19-9-5-11-22-10-4-6-16(23)20(22)24-17-7-2-3-8-18(17)25-21(19)22/h2-9,11,24H,10,12-15H2,1H3. The Hall–Kier alpha value is -2.30. The van der Waals surface area contributed by atoms with Gasteiger partial charge in [0.25, 0.3) is 0 Å². The lowest BCUT2D eigenvalue weighted by Crippen LogP contribution is -2.48. The van der Waals surface area contributed by atoms with E-state index in [1.54, 1.807) is 0 Å². The molecule has 4 nitrogen and oxygen atoms in total.